The number of benzene rings is 3. The summed E-state index contributed by atoms with van der Waals surface area (Å²) in [5, 5.41) is 18.1. The van der Waals surface area contributed by atoms with E-state index in [0.29, 0.717) is 38.2 Å². The molecular weight excluding hydrogens is 456 g/mol. The summed E-state index contributed by atoms with van der Waals surface area (Å²) in [6, 6.07) is 26.1. The Labute approximate surface area is 211 Å². The molecule has 1 atom stereocenters. The Balaban J connectivity index is 1.38. The summed E-state index contributed by atoms with van der Waals surface area (Å²) in [6.45, 7) is 3.98. The Morgan fingerprint density at radius 3 is 2.42 bits per heavy atom. The third-order valence-corrected chi connectivity index (χ3v) is 5.49. The van der Waals surface area contributed by atoms with Crippen molar-refractivity contribution < 1.29 is 19.3 Å². The molecule has 1 unspecified atom stereocenters. The summed E-state index contributed by atoms with van der Waals surface area (Å²) in [5.74, 6) is 0.689. The number of hydrogen-bond acceptors (Lipinski definition) is 7. The number of aryl methyl sites for hydroxylation is 1. The topological polar surface area (TPSA) is 90.7 Å². The monoisotopic (exact) mass is 488 g/mol. The maximum Gasteiger partial charge on any atom is 0.336 e. The number of aliphatic hydroxyl groups is 1. The van der Waals surface area contributed by atoms with Crippen molar-refractivity contribution in [3.8, 4) is 23.1 Å². The van der Waals surface area contributed by atoms with Crippen LogP contribution in [0, 0.1) is 6.92 Å². The molecule has 188 valence electrons. The van der Waals surface area contributed by atoms with Crippen molar-refractivity contribution in [2.75, 3.05) is 38.8 Å². The van der Waals surface area contributed by atoms with Crippen LogP contribution in [0.3, 0.4) is 0 Å². The highest BCUT2D eigenvalue weighted by molar-refractivity contribution is 5.60. The fraction of sp³-hybridized carbons (Fsp3) is 0.286. The summed E-state index contributed by atoms with van der Waals surface area (Å²) in [4.78, 5) is 4.60. The molecule has 8 nitrogen and oxygen atoms in total. The molecule has 0 spiro atoms. The van der Waals surface area contributed by atoms with Crippen LogP contribution in [0.25, 0.3) is 17.1 Å². The predicted molar refractivity (Wildman–Crippen MR) is 139 cm³/mol. The normalized spacial score (nSPS) is 11.9. The van der Waals surface area contributed by atoms with E-state index < -0.39 is 6.10 Å². The van der Waals surface area contributed by atoms with Gasteiger partial charge < -0.3 is 24.6 Å². The number of anilines is 1. The van der Waals surface area contributed by atoms with Crippen LogP contribution in [-0.4, -0.2) is 59.5 Å². The van der Waals surface area contributed by atoms with Crippen LogP contribution in [-0.2, 0) is 16.1 Å². The largest absolute Gasteiger partial charge is 0.460 e. The lowest BCUT2D eigenvalue weighted by Gasteiger charge is -2.14. The molecule has 4 rings (SSSR count). The molecule has 0 aliphatic carbocycles. The zero-order valence-electron chi connectivity index (χ0n) is 20.6. The summed E-state index contributed by atoms with van der Waals surface area (Å²) >= 11 is 0. The van der Waals surface area contributed by atoms with Gasteiger partial charge in [0, 0.05) is 24.9 Å². The third-order valence-electron chi connectivity index (χ3n) is 5.49. The summed E-state index contributed by atoms with van der Waals surface area (Å²) in [6.07, 6.45) is -0.622. The number of aliphatic hydroxyl groups excluding tert-OH is 1. The molecule has 3 aromatic carbocycles. The molecule has 8 heteroatoms. The van der Waals surface area contributed by atoms with Gasteiger partial charge in [-0.3, -0.25) is 0 Å². The number of aromatic nitrogens is 3. The van der Waals surface area contributed by atoms with E-state index in [9.17, 15) is 5.11 Å². The van der Waals surface area contributed by atoms with Gasteiger partial charge in [-0.1, -0.05) is 60.2 Å². The van der Waals surface area contributed by atoms with Crippen LogP contribution >= 0.6 is 0 Å². The fourth-order valence-corrected chi connectivity index (χ4v) is 3.54. The van der Waals surface area contributed by atoms with E-state index in [1.807, 2.05) is 85.8 Å². The van der Waals surface area contributed by atoms with Crippen LogP contribution in [0.2, 0.25) is 0 Å². The SMILES string of the molecule is COCCOc1nc(-c2ccc(C)cc2)n(-c2ccc(NCC(O)COCc3ccccc3)cc2)n1. The molecule has 0 aliphatic rings. The average molecular weight is 489 g/mol. The van der Waals surface area contributed by atoms with Gasteiger partial charge in [0.25, 0.3) is 0 Å². The molecule has 1 heterocycles. The van der Waals surface area contributed by atoms with Gasteiger partial charge in [-0.15, -0.1) is 5.10 Å². The van der Waals surface area contributed by atoms with E-state index in [-0.39, 0.29) is 6.61 Å². The lowest BCUT2D eigenvalue weighted by atomic mass is 10.1. The van der Waals surface area contributed by atoms with Crippen LogP contribution in [0.1, 0.15) is 11.1 Å². The van der Waals surface area contributed by atoms with E-state index in [0.717, 1.165) is 22.5 Å². The van der Waals surface area contributed by atoms with Crippen LogP contribution in [0.15, 0.2) is 78.9 Å². The number of nitrogens with zero attached hydrogens (tertiary/aromatic N) is 3. The second-order valence-electron chi connectivity index (χ2n) is 8.42. The zero-order valence-corrected chi connectivity index (χ0v) is 20.6. The first-order valence-electron chi connectivity index (χ1n) is 11.9. The number of hydrogen-bond donors (Lipinski definition) is 2. The van der Waals surface area contributed by atoms with E-state index in [2.05, 4.69) is 15.4 Å². The van der Waals surface area contributed by atoms with E-state index in [4.69, 9.17) is 14.2 Å². The minimum atomic E-state index is -0.622. The van der Waals surface area contributed by atoms with Gasteiger partial charge in [0.2, 0.25) is 0 Å². The molecule has 0 aliphatic heterocycles. The molecule has 2 N–H and O–H groups in total. The predicted octanol–water partition coefficient (Wildman–Crippen LogP) is 4.26. The second kappa shape index (κ2) is 12.8. The van der Waals surface area contributed by atoms with E-state index >= 15 is 0 Å². The molecule has 1 aromatic heterocycles. The van der Waals surface area contributed by atoms with Crippen molar-refractivity contribution in [1.29, 1.82) is 0 Å². The van der Waals surface area contributed by atoms with Gasteiger partial charge in [0.1, 0.15) is 6.61 Å². The lowest BCUT2D eigenvalue weighted by Crippen LogP contribution is -2.24. The highest BCUT2D eigenvalue weighted by Crippen LogP contribution is 2.25. The van der Waals surface area contributed by atoms with Gasteiger partial charge in [0.05, 0.1) is 31.6 Å². The van der Waals surface area contributed by atoms with Crippen molar-refractivity contribution in [3.05, 3.63) is 90.0 Å². The molecule has 36 heavy (non-hydrogen) atoms. The third kappa shape index (κ3) is 7.14. The van der Waals surface area contributed by atoms with Crippen molar-refractivity contribution in [2.24, 2.45) is 0 Å². The summed E-state index contributed by atoms with van der Waals surface area (Å²) in [5.41, 5.74) is 4.92. The first-order chi connectivity index (χ1) is 17.6. The van der Waals surface area contributed by atoms with Crippen molar-refractivity contribution in [1.82, 2.24) is 14.8 Å². The van der Waals surface area contributed by atoms with Crippen LogP contribution in [0.5, 0.6) is 6.01 Å². The lowest BCUT2D eigenvalue weighted by molar-refractivity contribution is 0.0348. The molecular formula is C28H32N4O4. The van der Waals surface area contributed by atoms with Gasteiger partial charge in [-0.2, -0.15) is 4.98 Å². The molecule has 0 bridgehead atoms. The number of rotatable bonds is 13. The number of nitrogens with one attached hydrogen (secondary N) is 1. The van der Waals surface area contributed by atoms with Crippen molar-refractivity contribution >= 4 is 5.69 Å². The molecule has 0 saturated carbocycles. The standard InChI is InChI=1S/C28H32N4O4/c1-21-8-10-23(11-9-21)27-30-28(36-17-16-34-2)31-32(27)25-14-12-24(13-15-25)29-18-26(33)20-35-19-22-6-4-3-5-7-22/h3-15,26,29,33H,16-20H2,1-2H3. The minimum absolute atomic E-state index is 0.255. The highest BCUT2D eigenvalue weighted by atomic mass is 16.5. The maximum absolute atomic E-state index is 10.3. The molecule has 0 fully saturated rings. The highest BCUT2D eigenvalue weighted by Gasteiger charge is 2.15. The molecule has 0 saturated heterocycles. The Morgan fingerprint density at radius 1 is 0.944 bits per heavy atom. The summed E-state index contributed by atoms with van der Waals surface area (Å²) in [7, 11) is 1.62. The first-order valence-corrected chi connectivity index (χ1v) is 11.9. The van der Waals surface area contributed by atoms with Crippen molar-refractivity contribution in [3.63, 3.8) is 0 Å². The quantitative estimate of drug-likeness (QED) is 0.272. The average Bonchev–Trinajstić information content (AvgIpc) is 3.33. The van der Waals surface area contributed by atoms with Crippen LogP contribution in [0.4, 0.5) is 5.69 Å². The Hall–Kier alpha value is -3.72. The molecule has 4 aromatic rings. The number of ether oxygens (including phenoxy) is 3. The van der Waals surface area contributed by atoms with Gasteiger partial charge in [-0.25, -0.2) is 4.68 Å². The van der Waals surface area contributed by atoms with Gasteiger partial charge in [0.15, 0.2) is 5.82 Å². The van der Waals surface area contributed by atoms with Gasteiger partial charge >= 0.3 is 6.01 Å². The van der Waals surface area contributed by atoms with E-state index in [1.54, 1.807) is 11.8 Å². The zero-order chi connectivity index (χ0) is 25.2. The fourth-order valence-electron chi connectivity index (χ4n) is 3.54. The van der Waals surface area contributed by atoms with Crippen molar-refractivity contribution in [2.45, 2.75) is 19.6 Å². The Morgan fingerprint density at radius 2 is 1.69 bits per heavy atom. The molecule has 0 amide bonds. The smallest absolute Gasteiger partial charge is 0.336 e. The Bertz CT molecular complexity index is 1190. The first kappa shape index (κ1) is 25.4. The summed E-state index contributed by atoms with van der Waals surface area (Å²) < 4.78 is 18.1. The van der Waals surface area contributed by atoms with Crippen LogP contribution < -0.4 is 10.1 Å². The maximum atomic E-state index is 10.3. The minimum Gasteiger partial charge on any atom is -0.460 e. The number of methoxy groups -OCH3 is 1. The second-order valence-corrected chi connectivity index (χ2v) is 8.42. The molecule has 0 radical (unpaired) electrons. The Kier molecular flexibility index (Phi) is 9.04. The van der Waals surface area contributed by atoms with E-state index in [1.165, 1.54) is 5.56 Å². The van der Waals surface area contributed by atoms with Gasteiger partial charge in [-0.05, 0) is 36.8 Å².